The van der Waals surface area contributed by atoms with Gasteiger partial charge in [-0.3, -0.25) is 0 Å². The van der Waals surface area contributed by atoms with Crippen LogP contribution in [-0.2, 0) is 16.6 Å². The lowest BCUT2D eigenvalue weighted by molar-refractivity contribution is 0.423. The zero-order valence-corrected chi connectivity index (χ0v) is 14.1. The predicted molar refractivity (Wildman–Crippen MR) is 88.3 cm³/mol. The Kier molecular flexibility index (Phi) is 5.03. The van der Waals surface area contributed by atoms with Crippen molar-refractivity contribution in [3.05, 3.63) is 58.6 Å². The molecule has 6 heteroatoms. The summed E-state index contributed by atoms with van der Waals surface area (Å²) in [6, 6.07) is 14.1. The summed E-state index contributed by atoms with van der Waals surface area (Å²) in [5.74, 6) is 0. The van der Waals surface area contributed by atoms with Crippen LogP contribution in [0.25, 0.3) is 0 Å². The van der Waals surface area contributed by atoms with Gasteiger partial charge in [-0.2, -0.15) is 4.31 Å². The quantitative estimate of drug-likeness (QED) is 0.823. The van der Waals surface area contributed by atoms with E-state index >= 15 is 0 Å². The zero-order valence-electron chi connectivity index (χ0n) is 11.7. The molecular weight excluding hydrogens is 352 g/mol. The van der Waals surface area contributed by atoms with Gasteiger partial charge in [0.05, 0.1) is 4.90 Å². The Morgan fingerprint density at radius 3 is 2.33 bits per heavy atom. The van der Waals surface area contributed by atoms with Crippen LogP contribution in [0.1, 0.15) is 12.5 Å². The molecule has 21 heavy (non-hydrogen) atoms. The molecular formula is C15H17BrN2O2S. The fourth-order valence-corrected chi connectivity index (χ4v) is 4.42. The van der Waals surface area contributed by atoms with E-state index in [1.807, 2.05) is 25.1 Å². The van der Waals surface area contributed by atoms with Crippen molar-refractivity contribution in [2.24, 2.45) is 0 Å². The fourth-order valence-electron chi connectivity index (χ4n) is 2.03. The molecule has 0 radical (unpaired) electrons. The van der Waals surface area contributed by atoms with Gasteiger partial charge in [-0.25, -0.2) is 8.42 Å². The van der Waals surface area contributed by atoms with E-state index in [1.165, 1.54) is 4.31 Å². The fraction of sp³-hybridized carbons (Fsp3) is 0.200. The second-order valence-electron chi connectivity index (χ2n) is 4.56. The molecule has 0 unspecified atom stereocenters. The molecule has 112 valence electrons. The van der Waals surface area contributed by atoms with Crippen LogP contribution in [0.5, 0.6) is 0 Å². The van der Waals surface area contributed by atoms with E-state index in [1.54, 1.807) is 30.3 Å². The molecule has 0 aliphatic heterocycles. The van der Waals surface area contributed by atoms with Crippen LogP contribution in [0, 0.1) is 0 Å². The molecule has 2 aromatic rings. The van der Waals surface area contributed by atoms with Gasteiger partial charge in [0.1, 0.15) is 0 Å². The van der Waals surface area contributed by atoms with E-state index in [-0.39, 0.29) is 11.4 Å². The van der Waals surface area contributed by atoms with E-state index < -0.39 is 10.0 Å². The predicted octanol–water partition coefficient (Wildman–Crippen LogP) is 3.24. The summed E-state index contributed by atoms with van der Waals surface area (Å²) in [7, 11) is -3.57. The van der Waals surface area contributed by atoms with Crippen LogP contribution in [0.4, 0.5) is 5.69 Å². The van der Waals surface area contributed by atoms with Gasteiger partial charge in [0, 0.05) is 23.2 Å². The summed E-state index contributed by atoms with van der Waals surface area (Å²) in [5.41, 5.74) is 7.30. The van der Waals surface area contributed by atoms with E-state index in [2.05, 4.69) is 15.9 Å². The Bertz CT molecular complexity index is 732. The number of rotatable bonds is 5. The largest absolute Gasteiger partial charge is 0.398 e. The number of hydrogen-bond acceptors (Lipinski definition) is 3. The number of anilines is 1. The second-order valence-corrected chi connectivity index (χ2v) is 7.32. The van der Waals surface area contributed by atoms with Crippen molar-refractivity contribution in [3.8, 4) is 0 Å². The van der Waals surface area contributed by atoms with Crippen molar-refractivity contribution in [2.45, 2.75) is 18.4 Å². The van der Waals surface area contributed by atoms with Crippen molar-refractivity contribution in [1.82, 2.24) is 4.31 Å². The highest BCUT2D eigenvalue weighted by Crippen LogP contribution is 2.26. The van der Waals surface area contributed by atoms with E-state index in [0.29, 0.717) is 16.7 Å². The molecule has 0 saturated carbocycles. The van der Waals surface area contributed by atoms with Gasteiger partial charge in [0.2, 0.25) is 10.0 Å². The van der Waals surface area contributed by atoms with Crippen LogP contribution >= 0.6 is 15.9 Å². The first-order chi connectivity index (χ1) is 9.96. The van der Waals surface area contributed by atoms with Crippen LogP contribution in [0.15, 0.2) is 57.9 Å². The maximum atomic E-state index is 12.8. The van der Waals surface area contributed by atoms with Crippen LogP contribution in [-0.4, -0.2) is 19.3 Å². The lowest BCUT2D eigenvalue weighted by atomic mass is 10.2. The van der Waals surface area contributed by atoms with Gasteiger partial charge in [-0.1, -0.05) is 37.3 Å². The minimum absolute atomic E-state index is 0.257. The topological polar surface area (TPSA) is 63.4 Å². The number of nitrogens with zero attached hydrogens (tertiary/aromatic N) is 1. The van der Waals surface area contributed by atoms with E-state index in [9.17, 15) is 8.42 Å². The summed E-state index contributed by atoms with van der Waals surface area (Å²) >= 11 is 3.30. The highest BCUT2D eigenvalue weighted by atomic mass is 79.9. The number of para-hydroxylation sites is 1. The molecule has 4 nitrogen and oxygen atoms in total. The molecule has 0 heterocycles. The average molecular weight is 369 g/mol. The van der Waals surface area contributed by atoms with Crippen LogP contribution in [0.2, 0.25) is 0 Å². The second kappa shape index (κ2) is 6.60. The molecule has 2 aromatic carbocycles. The molecule has 2 N–H and O–H groups in total. The summed E-state index contributed by atoms with van der Waals surface area (Å²) in [6.07, 6.45) is 0. The van der Waals surface area contributed by atoms with Crippen molar-refractivity contribution in [1.29, 1.82) is 0 Å². The standard InChI is InChI=1S/C15H17BrN2O2S/c1-2-18(11-12-7-3-5-9-14(12)17)21(19,20)15-10-6-4-8-13(15)16/h3-10H,2,11,17H2,1H3. The number of benzene rings is 2. The van der Waals surface area contributed by atoms with Crippen molar-refractivity contribution < 1.29 is 8.42 Å². The highest BCUT2D eigenvalue weighted by Gasteiger charge is 2.25. The van der Waals surface area contributed by atoms with Gasteiger partial charge >= 0.3 is 0 Å². The number of nitrogen functional groups attached to an aromatic ring is 1. The lowest BCUT2D eigenvalue weighted by Crippen LogP contribution is -2.31. The van der Waals surface area contributed by atoms with Crippen LogP contribution in [0.3, 0.4) is 0 Å². The molecule has 0 aliphatic rings. The van der Waals surface area contributed by atoms with E-state index in [0.717, 1.165) is 5.56 Å². The third kappa shape index (κ3) is 3.45. The summed E-state index contributed by atoms with van der Waals surface area (Å²) < 4.78 is 27.5. The number of nitrogens with two attached hydrogens (primary N) is 1. The van der Waals surface area contributed by atoms with Crippen LogP contribution < -0.4 is 5.73 Å². The van der Waals surface area contributed by atoms with Crippen molar-refractivity contribution >= 4 is 31.6 Å². The number of halogens is 1. The van der Waals surface area contributed by atoms with Gasteiger partial charge in [-0.05, 0) is 39.7 Å². The maximum Gasteiger partial charge on any atom is 0.244 e. The summed E-state index contributed by atoms with van der Waals surface area (Å²) in [5, 5.41) is 0. The Labute approximate surface area is 133 Å². The molecule has 0 saturated heterocycles. The monoisotopic (exact) mass is 368 g/mol. The molecule has 0 atom stereocenters. The third-order valence-corrected chi connectivity index (χ3v) is 6.14. The average Bonchev–Trinajstić information content (AvgIpc) is 2.46. The Morgan fingerprint density at radius 1 is 1.10 bits per heavy atom. The first-order valence-electron chi connectivity index (χ1n) is 6.55. The molecule has 0 spiro atoms. The molecule has 0 bridgehead atoms. The highest BCUT2D eigenvalue weighted by molar-refractivity contribution is 9.10. The Balaban J connectivity index is 2.37. The number of hydrogen-bond donors (Lipinski definition) is 1. The Morgan fingerprint density at radius 2 is 1.71 bits per heavy atom. The molecule has 0 amide bonds. The van der Waals surface area contributed by atoms with Gasteiger partial charge in [0.15, 0.2) is 0 Å². The zero-order chi connectivity index (χ0) is 15.5. The van der Waals surface area contributed by atoms with Gasteiger partial charge in [0.25, 0.3) is 0 Å². The molecule has 0 aromatic heterocycles. The Hall–Kier alpha value is -1.37. The lowest BCUT2D eigenvalue weighted by Gasteiger charge is -2.22. The van der Waals surface area contributed by atoms with Gasteiger partial charge in [-0.15, -0.1) is 0 Å². The smallest absolute Gasteiger partial charge is 0.244 e. The normalized spacial score (nSPS) is 11.8. The molecule has 0 fully saturated rings. The molecule has 0 aliphatic carbocycles. The van der Waals surface area contributed by atoms with Gasteiger partial charge < -0.3 is 5.73 Å². The SMILES string of the molecule is CCN(Cc1ccccc1N)S(=O)(=O)c1ccccc1Br. The maximum absolute atomic E-state index is 12.8. The third-order valence-electron chi connectivity index (χ3n) is 3.21. The first kappa shape index (κ1) is 16.0. The van der Waals surface area contributed by atoms with E-state index in [4.69, 9.17) is 5.73 Å². The summed E-state index contributed by atoms with van der Waals surface area (Å²) in [6.45, 7) is 2.44. The summed E-state index contributed by atoms with van der Waals surface area (Å²) in [4.78, 5) is 0.265. The first-order valence-corrected chi connectivity index (χ1v) is 8.78. The van der Waals surface area contributed by atoms with Crippen molar-refractivity contribution in [3.63, 3.8) is 0 Å². The van der Waals surface area contributed by atoms with Crippen molar-refractivity contribution in [2.75, 3.05) is 12.3 Å². The minimum atomic E-state index is -3.57. The number of sulfonamides is 1. The molecule has 2 rings (SSSR count). The minimum Gasteiger partial charge on any atom is -0.398 e.